The molecule has 5 nitrogen and oxygen atoms in total. The van der Waals surface area contributed by atoms with E-state index in [1.54, 1.807) is 11.0 Å². The van der Waals surface area contributed by atoms with Crippen LogP contribution < -0.4 is 5.32 Å². The zero-order valence-electron chi connectivity index (χ0n) is 10.0. The molecule has 1 atom stereocenters. The first-order valence-corrected chi connectivity index (χ1v) is 6.41. The van der Waals surface area contributed by atoms with Crippen LogP contribution in [-0.4, -0.2) is 26.2 Å². The fourth-order valence-electron chi connectivity index (χ4n) is 2.01. The van der Waals surface area contributed by atoms with E-state index in [1.807, 2.05) is 18.2 Å². The summed E-state index contributed by atoms with van der Waals surface area (Å²) >= 11 is 6.20. The molecule has 2 aromatic rings. The monoisotopic (exact) mass is 263 g/mol. The van der Waals surface area contributed by atoms with Gasteiger partial charge in [-0.3, -0.25) is 0 Å². The van der Waals surface area contributed by atoms with E-state index in [0.29, 0.717) is 6.04 Å². The fraction of sp³-hybridized carbons (Fsp3) is 0.417. The Kier molecular flexibility index (Phi) is 2.91. The van der Waals surface area contributed by atoms with Crippen LogP contribution >= 0.6 is 11.6 Å². The van der Waals surface area contributed by atoms with Crippen LogP contribution in [0.5, 0.6) is 0 Å². The lowest BCUT2D eigenvalue weighted by Gasteiger charge is -2.16. The molecule has 0 aliphatic heterocycles. The Hall–Kier alpha value is -1.62. The van der Waals surface area contributed by atoms with Gasteiger partial charge in [0, 0.05) is 6.04 Å². The maximum atomic E-state index is 6.20. The standard InChI is InChI=1S/C12H14ClN5/c1-8(9-2-3-9)15-12-6-10(4-5-11(12)13)18-7-14-16-17-18/h4-9,15H,2-3H2,1H3. The molecule has 0 bridgehead atoms. The minimum atomic E-state index is 0.451. The van der Waals surface area contributed by atoms with Gasteiger partial charge in [0.15, 0.2) is 0 Å². The molecule has 0 spiro atoms. The highest BCUT2D eigenvalue weighted by molar-refractivity contribution is 6.33. The highest BCUT2D eigenvalue weighted by Crippen LogP contribution is 2.35. The summed E-state index contributed by atoms with van der Waals surface area (Å²) in [5, 5.41) is 15.3. The molecule has 0 radical (unpaired) electrons. The van der Waals surface area contributed by atoms with Crippen LogP contribution in [0.3, 0.4) is 0 Å². The molecule has 3 rings (SSSR count). The SMILES string of the molecule is CC(Nc1cc(-n2cnnn2)ccc1Cl)C1CC1. The van der Waals surface area contributed by atoms with Gasteiger partial charge in [-0.15, -0.1) is 5.10 Å². The Morgan fingerprint density at radius 2 is 2.28 bits per heavy atom. The van der Waals surface area contributed by atoms with Crippen molar-refractivity contribution in [1.29, 1.82) is 0 Å². The lowest BCUT2D eigenvalue weighted by molar-refractivity contribution is 0.694. The molecule has 1 aromatic heterocycles. The smallest absolute Gasteiger partial charge is 0.143 e. The van der Waals surface area contributed by atoms with E-state index in [0.717, 1.165) is 22.3 Å². The summed E-state index contributed by atoms with van der Waals surface area (Å²) in [4.78, 5) is 0. The average Bonchev–Trinajstić information content (AvgIpc) is 3.08. The zero-order valence-corrected chi connectivity index (χ0v) is 10.8. The third-order valence-electron chi connectivity index (χ3n) is 3.28. The van der Waals surface area contributed by atoms with Crippen molar-refractivity contribution in [3.63, 3.8) is 0 Å². The summed E-state index contributed by atoms with van der Waals surface area (Å²) in [6.07, 6.45) is 4.17. The fourth-order valence-corrected chi connectivity index (χ4v) is 2.18. The number of nitrogens with one attached hydrogen (secondary N) is 1. The van der Waals surface area contributed by atoms with Crippen molar-refractivity contribution in [3.8, 4) is 5.69 Å². The largest absolute Gasteiger partial charge is 0.381 e. The molecule has 18 heavy (non-hydrogen) atoms. The predicted molar refractivity (Wildman–Crippen MR) is 70.0 cm³/mol. The predicted octanol–water partition coefficient (Wildman–Crippen LogP) is 2.53. The first-order valence-electron chi connectivity index (χ1n) is 6.03. The van der Waals surface area contributed by atoms with Gasteiger partial charge in [-0.05, 0) is 54.3 Å². The van der Waals surface area contributed by atoms with Gasteiger partial charge in [0.1, 0.15) is 6.33 Å². The van der Waals surface area contributed by atoms with Crippen LogP contribution in [0.25, 0.3) is 5.69 Å². The van der Waals surface area contributed by atoms with Crippen molar-refractivity contribution in [2.75, 3.05) is 5.32 Å². The quantitative estimate of drug-likeness (QED) is 0.921. The zero-order chi connectivity index (χ0) is 12.5. The summed E-state index contributed by atoms with van der Waals surface area (Å²) in [6.45, 7) is 2.19. The molecule has 1 unspecified atom stereocenters. The van der Waals surface area contributed by atoms with E-state index in [9.17, 15) is 0 Å². The summed E-state index contributed by atoms with van der Waals surface area (Å²) in [7, 11) is 0. The Morgan fingerprint density at radius 3 is 2.94 bits per heavy atom. The van der Waals surface area contributed by atoms with E-state index in [1.165, 1.54) is 12.8 Å². The Morgan fingerprint density at radius 1 is 1.44 bits per heavy atom. The van der Waals surface area contributed by atoms with Crippen LogP contribution in [0.4, 0.5) is 5.69 Å². The lowest BCUT2D eigenvalue weighted by atomic mass is 10.2. The van der Waals surface area contributed by atoms with Crippen molar-refractivity contribution in [3.05, 3.63) is 29.5 Å². The van der Waals surface area contributed by atoms with Gasteiger partial charge < -0.3 is 5.32 Å². The van der Waals surface area contributed by atoms with Gasteiger partial charge in [-0.1, -0.05) is 11.6 Å². The number of benzene rings is 1. The second-order valence-electron chi connectivity index (χ2n) is 4.69. The number of anilines is 1. The molecule has 1 aliphatic rings. The van der Waals surface area contributed by atoms with E-state index in [4.69, 9.17) is 11.6 Å². The molecule has 1 fully saturated rings. The minimum Gasteiger partial charge on any atom is -0.381 e. The normalized spacial score (nSPS) is 16.6. The van der Waals surface area contributed by atoms with Crippen molar-refractivity contribution in [2.24, 2.45) is 5.92 Å². The highest BCUT2D eigenvalue weighted by Gasteiger charge is 2.28. The number of hydrogen-bond acceptors (Lipinski definition) is 4. The van der Waals surface area contributed by atoms with Gasteiger partial charge in [-0.25, -0.2) is 4.68 Å². The molecule has 1 heterocycles. The topological polar surface area (TPSA) is 55.6 Å². The number of nitrogens with zero attached hydrogens (tertiary/aromatic N) is 4. The second-order valence-corrected chi connectivity index (χ2v) is 5.10. The highest BCUT2D eigenvalue weighted by atomic mass is 35.5. The number of rotatable bonds is 4. The van der Waals surface area contributed by atoms with Crippen molar-refractivity contribution in [2.45, 2.75) is 25.8 Å². The van der Waals surface area contributed by atoms with E-state index in [2.05, 4.69) is 27.8 Å². The maximum Gasteiger partial charge on any atom is 0.143 e. The van der Waals surface area contributed by atoms with E-state index in [-0.39, 0.29) is 0 Å². The van der Waals surface area contributed by atoms with Gasteiger partial charge in [0.05, 0.1) is 16.4 Å². The van der Waals surface area contributed by atoms with Crippen molar-refractivity contribution < 1.29 is 0 Å². The number of hydrogen-bond donors (Lipinski definition) is 1. The molecule has 1 aromatic carbocycles. The Bertz CT molecular complexity index is 535. The van der Waals surface area contributed by atoms with Crippen LogP contribution in [0, 0.1) is 5.92 Å². The van der Waals surface area contributed by atoms with Gasteiger partial charge in [-0.2, -0.15) is 0 Å². The molecule has 6 heteroatoms. The first kappa shape index (κ1) is 11.5. The average molecular weight is 264 g/mol. The Labute approximate surface area is 110 Å². The number of halogens is 1. The van der Waals surface area contributed by atoms with Gasteiger partial charge in [0.25, 0.3) is 0 Å². The minimum absolute atomic E-state index is 0.451. The first-order chi connectivity index (χ1) is 8.74. The summed E-state index contributed by atoms with van der Waals surface area (Å²) < 4.78 is 1.61. The number of tetrazole rings is 1. The lowest BCUT2D eigenvalue weighted by Crippen LogP contribution is -2.17. The molecule has 94 valence electrons. The summed E-state index contributed by atoms with van der Waals surface area (Å²) in [5.41, 5.74) is 1.83. The van der Waals surface area contributed by atoms with Crippen LogP contribution in [-0.2, 0) is 0 Å². The van der Waals surface area contributed by atoms with Crippen LogP contribution in [0.2, 0.25) is 5.02 Å². The molecule has 0 saturated heterocycles. The van der Waals surface area contributed by atoms with Crippen LogP contribution in [0.15, 0.2) is 24.5 Å². The van der Waals surface area contributed by atoms with Gasteiger partial charge >= 0.3 is 0 Å². The molecule has 1 saturated carbocycles. The molecule has 1 aliphatic carbocycles. The second kappa shape index (κ2) is 4.57. The molecular weight excluding hydrogens is 250 g/mol. The Balaban J connectivity index is 1.86. The number of aromatic nitrogens is 4. The van der Waals surface area contributed by atoms with E-state index >= 15 is 0 Å². The molecule has 0 amide bonds. The molecular formula is C12H14ClN5. The summed E-state index contributed by atoms with van der Waals surface area (Å²) in [6, 6.07) is 6.18. The summed E-state index contributed by atoms with van der Waals surface area (Å²) in [5.74, 6) is 0.776. The van der Waals surface area contributed by atoms with E-state index < -0.39 is 0 Å². The van der Waals surface area contributed by atoms with Gasteiger partial charge in [0.2, 0.25) is 0 Å². The van der Waals surface area contributed by atoms with Crippen LogP contribution in [0.1, 0.15) is 19.8 Å². The third-order valence-corrected chi connectivity index (χ3v) is 3.61. The van der Waals surface area contributed by atoms with Crippen molar-refractivity contribution in [1.82, 2.24) is 20.2 Å². The van der Waals surface area contributed by atoms with Crippen molar-refractivity contribution >= 4 is 17.3 Å². The molecule has 1 N–H and O–H groups in total. The third kappa shape index (κ3) is 2.31. The maximum absolute atomic E-state index is 6.20.